The number of aliphatic hydroxyl groups is 3. The Morgan fingerprint density at radius 2 is 2.12 bits per heavy atom. The molecule has 0 unspecified atom stereocenters. The van der Waals surface area contributed by atoms with Gasteiger partial charge in [0.25, 0.3) is 0 Å². The second-order valence-electron chi connectivity index (χ2n) is 2.66. The summed E-state index contributed by atoms with van der Waals surface area (Å²) >= 11 is 0. The van der Waals surface area contributed by atoms with Gasteiger partial charge in [0, 0.05) is 0 Å². The average molecular weight is 244 g/mol. The molecule has 0 saturated carbocycles. The van der Waals surface area contributed by atoms with E-state index in [9.17, 15) is 9.59 Å². The van der Waals surface area contributed by atoms with Crippen molar-refractivity contribution in [3.05, 3.63) is 11.5 Å². The first-order valence-electron chi connectivity index (χ1n) is 3.81. The van der Waals surface area contributed by atoms with Crippen LogP contribution < -0.4 is 0 Å². The van der Waals surface area contributed by atoms with Gasteiger partial charge < -0.3 is 29.9 Å². The van der Waals surface area contributed by atoms with Gasteiger partial charge in [-0.1, -0.05) is 0 Å². The molecule has 0 aromatic heterocycles. The Hall–Kier alpha value is -0.800. The normalized spacial score (nSPS) is 21.1. The zero-order chi connectivity index (χ0) is 11.6. The summed E-state index contributed by atoms with van der Waals surface area (Å²) in [6.07, 6.45) is -4.85. The van der Waals surface area contributed by atoms with Crippen LogP contribution in [-0.2, 0) is 14.3 Å². The van der Waals surface area contributed by atoms with Crippen molar-refractivity contribution in [1.29, 1.82) is 0 Å². The molecule has 4 N–H and O–H groups in total. The first kappa shape index (κ1) is 15.2. The molecule has 0 aromatic rings. The average Bonchev–Trinajstić information content (AvgIpc) is 2.44. The summed E-state index contributed by atoms with van der Waals surface area (Å²) in [6.45, 7) is -0.780. The van der Waals surface area contributed by atoms with Gasteiger partial charge in [-0.25, -0.2) is 9.59 Å². The van der Waals surface area contributed by atoms with Crippen LogP contribution in [0, 0.1) is 0 Å². The Labute approximate surface area is 111 Å². The van der Waals surface area contributed by atoms with Crippen LogP contribution in [0.3, 0.4) is 0 Å². The Bertz CT molecular complexity index is 324. The summed E-state index contributed by atoms with van der Waals surface area (Å²) in [7, 11) is 0. The molecule has 0 amide bonds. The Morgan fingerprint density at radius 1 is 1.56 bits per heavy atom. The van der Waals surface area contributed by atoms with E-state index in [2.05, 4.69) is 9.47 Å². The third-order valence-corrected chi connectivity index (χ3v) is 1.65. The van der Waals surface area contributed by atoms with Crippen molar-refractivity contribution in [2.75, 3.05) is 6.61 Å². The topological polar surface area (TPSA) is 134 Å². The van der Waals surface area contributed by atoms with Gasteiger partial charge in [-0.15, -0.1) is 0 Å². The van der Waals surface area contributed by atoms with E-state index in [4.69, 9.17) is 20.4 Å². The zero-order valence-electron chi connectivity index (χ0n) is 7.28. The van der Waals surface area contributed by atoms with Crippen molar-refractivity contribution < 1.29 is 39.5 Å². The molecular formula is C7H9NaO8. The molecule has 1 aliphatic rings. The number of cyclic esters (lactones) is 1. The molecule has 16 heavy (non-hydrogen) atoms. The summed E-state index contributed by atoms with van der Waals surface area (Å²) in [4.78, 5) is 21.0. The molecule has 0 spiro atoms. The van der Waals surface area contributed by atoms with Crippen LogP contribution in [-0.4, -0.2) is 80.9 Å². The first-order chi connectivity index (χ1) is 6.97. The second-order valence-corrected chi connectivity index (χ2v) is 2.66. The van der Waals surface area contributed by atoms with Gasteiger partial charge in [0.2, 0.25) is 11.5 Å². The molecule has 0 aromatic carbocycles. The number of carbonyl (C=O) groups is 2. The standard InChI is InChI=1S/C7H8O8.Na.H/c8-1-2(9)4-5(15-7(12)13)3(10)6(11)14-4;;/h2,4,8-10H,1H2,(H,12,13);;/t2-,4+;;/m0../s1. The van der Waals surface area contributed by atoms with Crippen molar-refractivity contribution >= 4 is 41.7 Å². The number of ether oxygens (including phenoxy) is 2. The third kappa shape index (κ3) is 3.09. The van der Waals surface area contributed by atoms with Crippen LogP contribution >= 0.6 is 0 Å². The predicted octanol–water partition coefficient (Wildman–Crippen LogP) is -1.92. The van der Waals surface area contributed by atoms with Gasteiger partial charge in [0.15, 0.2) is 6.10 Å². The van der Waals surface area contributed by atoms with Crippen LogP contribution in [0.5, 0.6) is 0 Å². The summed E-state index contributed by atoms with van der Waals surface area (Å²) in [5.74, 6) is -2.98. The molecule has 8 nitrogen and oxygen atoms in total. The number of rotatable bonds is 3. The van der Waals surface area contributed by atoms with E-state index in [0.29, 0.717) is 0 Å². The van der Waals surface area contributed by atoms with Gasteiger partial charge in [0.05, 0.1) is 6.61 Å². The van der Waals surface area contributed by atoms with Crippen LogP contribution in [0.25, 0.3) is 0 Å². The van der Waals surface area contributed by atoms with Gasteiger partial charge in [0.1, 0.15) is 6.10 Å². The molecule has 0 fully saturated rings. The van der Waals surface area contributed by atoms with Gasteiger partial charge >= 0.3 is 41.7 Å². The Kier molecular flexibility index (Phi) is 5.76. The fraction of sp³-hybridized carbons (Fsp3) is 0.429. The molecule has 0 radical (unpaired) electrons. The number of carboxylic acid groups (broad SMARTS) is 1. The number of carbonyl (C=O) groups excluding carboxylic acids is 1. The third-order valence-electron chi connectivity index (χ3n) is 1.65. The van der Waals surface area contributed by atoms with E-state index >= 15 is 0 Å². The van der Waals surface area contributed by atoms with Crippen LogP contribution in [0.1, 0.15) is 0 Å². The van der Waals surface area contributed by atoms with Gasteiger partial charge in [-0.05, 0) is 0 Å². The van der Waals surface area contributed by atoms with E-state index in [-0.39, 0.29) is 29.6 Å². The van der Waals surface area contributed by atoms with Crippen LogP contribution in [0.4, 0.5) is 4.79 Å². The summed E-state index contributed by atoms with van der Waals surface area (Å²) in [5.41, 5.74) is 0. The summed E-state index contributed by atoms with van der Waals surface area (Å²) in [5, 5.41) is 35.0. The van der Waals surface area contributed by atoms with Gasteiger partial charge in [-0.2, -0.15) is 0 Å². The zero-order valence-corrected chi connectivity index (χ0v) is 7.28. The molecular weight excluding hydrogens is 235 g/mol. The second kappa shape index (κ2) is 6.06. The SMILES string of the molecule is O=C(O)OC1=C(O)C(=O)O[C@@H]1[C@@H](O)CO.[NaH]. The minimum atomic E-state index is -1.77. The number of hydrogen-bond donors (Lipinski definition) is 4. The maximum atomic E-state index is 10.8. The molecule has 1 heterocycles. The van der Waals surface area contributed by atoms with Crippen molar-refractivity contribution in [1.82, 2.24) is 0 Å². The molecule has 0 saturated heterocycles. The molecule has 1 rings (SSSR count). The fourth-order valence-electron chi connectivity index (χ4n) is 1.01. The quantitative estimate of drug-likeness (QED) is 0.333. The monoisotopic (exact) mass is 244 g/mol. The van der Waals surface area contributed by atoms with Crippen LogP contribution in [0.15, 0.2) is 11.5 Å². The molecule has 0 aliphatic carbocycles. The van der Waals surface area contributed by atoms with E-state index < -0.39 is 42.5 Å². The molecule has 2 atom stereocenters. The van der Waals surface area contributed by atoms with Gasteiger partial charge in [-0.3, -0.25) is 0 Å². The predicted molar refractivity (Wildman–Crippen MR) is 48.9 cm³/mol. The molecule has 1 aliphatic heterocycles. The summed E-state index contributed by atoms with van der Waals surface area (Å²) < 4.78 is 8.44. The van der Waals surface area contributed by atoms with E-state index in [1.54, 1.807) is 0 Å². The van der Waals surface area contributed by atoms with Crippen molar-refractivity contribution in [3.63, 3.8) is 0 Å². The van der Waals surface area contributed by atoms with E-state index in [0.717, 1.165) is 0 Å². The Balaban J connectivity index is 0.00000225. The van der Waals surface area contributed by atoms with Crippen molar-refractivity contribution in [3.8, 4) is 0 Å². The molecule has 9 heteroatoms. The van der Waals surface area contributed by atoms with E-state index in [1.807, 2.05) is 0 Å². The minimum absolute atomic E-state index is 0. The number of aliphatic hydroxyl groups excluding tert-OH is 3. The Morgan fingerprint density at radius 3 is 2.56 bits per heavy atom. The maximum absolute atomic E-state index is 10.8. The van der Waals surface area contributed by atoms with Crippen molar-refractivity contribution in [2.45, 2.75) is 12.2 Å². The van der Waals surface area contributed by atoms with E-state index in [1.165, 1.54) is 0 Å². The number of esters is 1. The van der Waals surface area contributed by atoms with Crippen LogP contribution in [0.2, 0.25) is 0 Å². The fourth-order valence-corrected chi connectivity index (χ4v) is 1.01. The van der Waals surface area contributed by atoms with Crippen molar-refractivity contribution in [2.24, 2.45) is 0 Å². The molecule has 0 bridgehead atoms. The summed E-state index contributed by atoms with van der Waals surface area (Å²) in [6, 6.07) is 0. The molecule has 86 valence electrons. The first-order valence-corrected chi connectivity index (χ1v) is 3.81. The number of hydrogen-bond acceptors (Lipinski definition) is 7.